The molecular weight excluding hydrogens is 405 g/mol. The molecule has 0 aliphatic heterocycles. The number of aromatic amines is 1. The van der Waals surface area contributed by atoms with E-state index in [1.54, 1.807) is 0 Å². The molecule has 0 aliphatic carbocycles. The SMILES string of the molecule is Nc1cccc2[nH]c(-c3cc(Br)ccc3I)nc12. The average molecular weight is 414 g/mol. The van der Waals surface area contributed by atoms with Gasteiger partial charge in [-0.1, -0.05) is 22.0 Å². The van der Waals surface area contributed by atoms with Crippen LogP contribution in [0.25, 0.3) is 22.4 Å². The summed E-state index contributed by atoms with van der Waals surface area (Å²) in [6.45, 7) is 0. The van der Waals surface area contributed by atoms with Crippen LogP contribution in [0.3, 0.4) is 0 Å². The highest BCUT2D eigenvalue weighted by molar-refractivity contribution is 14.1. The van der Waals surface area contributed by atoms with Crippen molar-refractivity contribution < 1.29 is 0 Å². The topological polar surface area (TPSA) is 54.7 Å². The number of hydrogen-bond acceptors (Lipinski definition) is 2. The summed E-state index contributed by atoms with van der Waals surface area (Å²) in [7, 11) is 0. The number of hydrogen-bond donors (Lipinski definition) is 2. The Morgan fingerprint density at radius 1 is 1.22 bits per heavy atom. The molecule has 18 heavy (non-hydrogen) atoms. The van der Waals surface area contributed by atoms with Crippen molar-refractivity contribution in [2.75, 3.05) is 5.73 Å². The molecule has 0 fully saturated rings. The number of halogens is 2. The Balaban J connectivity index is 2.26. The van der Waals surface area contributed by atoms with E-state index in [9.17, 15) is 0 Å². The minimum Gasteiger partial charge on any atom is -0.397 e. The Morgan fingerprint density at radius 3 is 2.83 bits per heavy atom. The van der Waals surface area contributed by atoms with Gasteiger partial charge in [0.05, 0.1) is 11.2 Å². The van der Waals surface area contributed by atoms with Crippen LogP contribution in [-0.2, 0) is 0 Å². The van der Waals surface area contributed by atoms with E-state index in [1.807, 2.05) is 24.3 Å². The molecule has 0 spiro atoms. The van der Waals surface area contributed by atoms with Crippen molar-refractivity contribution in [3.8, 4) is 11.4 Å². The van der Waals surface area contributed by atoms with Crippen molar-refractivity contribution in [2.24, 2.45) is 0 Å². The number of nitrogen functional groups attached to an aromatic ring is 1. The predicted octanol–water partition coefficient (Wildman–Crippen LogP) is 4.18. The molecule has 0 saturated heterocycles. The van der Waals surface area contributed by atoms with E-state index in [0.717, 1.165) is 30.5 Å². The number of rotatable bonds is 1. The molecule has 0 amide bonds. The van der Waals surface area contributed by atoms with Crippen LogP contribution < -0.4 is 5.73 Å². The molecule has 90 valence electrons. The van der Waals surface area contributed by atoms with Crippen molar-refractivity contribution in [3.63, 3.8) is 0 Å². The standard InChI is InChI=1S/C13H9BrIN3/c14-7-4-5-9(15)8(6-7)13-17-11-3-1-2-10(16)12(11)18-13/h1-6H,16H2,(H,17,18). The molecule has 0 bridgehead atoms. The maximum absolute atomic E-state index is 5.92. The van der Waals surface area contributed by atoms with Gasteiger partial charge >= 0.3 is 0 Å². The molecular formula is C13H9BrIN3. The third-order valence-electron chi connectivity index (χ3n) is 2.73. The first-order valence-corrected chi connectivity index (χ1v) is 7.22. The second kappa shape index (κ2) is 4.55. The molecule has 0 saturated carbocycles. The number of H-pyrrole nitrogens is 1. The lowest BCUT2D eigenvalue weighted by Crippen LogP contribution is -1.86. The fraction of sp³-hybridized carbons (Fsp3) is 0. The summed E-state index contributed by atoms with van der Waals surface area (Å²) in [4.78, 5) is 7.88. The van der Waals surface area contributed by atoms with Gasteiger partial charge in [-0.3, -0.25) is 0 Å². The zero-order valence-electron chi connectivity index (χ0n) is 9.24. The second-order valence-electron chi connectivity index (χ2n) is 3.95. The number of imidazole rings is 1. The predicted molar refractivity (Wildman–Crippen MR) is 86.4 cm³/mol. The van der Waals surface area contributed by atoms with E-state index in [4.69, 9.17) is 5.73 Å². The summed E-state index contributed by atoms with van der Waals surface area (Å²) < 4.78 is 2.18. The van der Waals surface area contributed by atoms with E-state index < -0.39 is 0 Å². The number of nitrogens with two attached hydrogens (primary N) is 1. The lowest BCUT2D eigenvalue weighted by molar-refractivity contribution is 1.32. The fourth-order valence-corrected chi connectivity index (χ4v) is 2.81. The smallest absolute Gasteiger partial charge is 0.139 e. The quantitative estimate of drug-likeness (QED) is 0.464. The van der Waals surface area contributed by atoms with Gasteiger partial charge in [-0.25, -0.2) is 4.98 Å². The van der Waals surface area contributed by atoms with E-state index in [0.29, 0.717) is 5.69 Å². The van der Waals surface area contributed by atoms with Crippen LogP contribution in [0.1, 0.15) is 0 Å². The van der Waals surface area contributed by atoms with Gasteiger partial charge in [-0.15, -0.1) is 0 Å². The Labute approximate surface area is 126 Å². The Bertz CT molecular complexity index is 736. The molecule has 0 unspecified atom stereocenters. The molecule has 1 aromatic heterocycles. The van der Waals surface area contributed by atoms with Gasteiger partial charge in [0.2, 0.25) is 0 Å². The maximum Gasteiger partial charge on any atom is 0.139 e. The third-order valence-corrected chi connectivity index (χ3v) is 4.16. The zero-order chi connectivity index (χ0) is 12.7. The van der Waals surface area contributed by atoms with Crippen molar-refractivity contribution in [3.05, 3.63) is 44.4 Å². The van der Waals surface area contributed by atoms with Gasteiger partial charge in [0, 0.05) is 13.6 Å². The Hall–Kier alpha value is -1.08. The molecule has 3 nitrogen and oxygen atoms in total. The van der Waals surface area contributed by atoms with Gasteiger partial charge in [-0.05, 0) is 52.9 Å². The van der Waals surface area contributed by atoms with Gasteiger partial charge < -0.3 is 10.7 Å². The third kappa shape index (κ3) is 2.01. The highest BCUT2D eigenvalue weighted by atomic mass is 127. The highest BCUT2D eigenvalue weighted by Gasteiger charge is 2.10. The molecule has 5 heteroatoms. The first-order valence-electron chi connectivity index (χ1n) is 5.35. The van der Waals surface area contributed by atoms with Crippen LogP contribution in [-0.4, -0.2) is 9.97 Å². The summed E-state index contributed by atoms with van der Waals surface area (Å²) in [5.74, 6) is 0.841. The van der Waals surface area contributed by atoms with Crippen molar-refractivity contribution in [2.45, 2.75) is 0 Å². The normalized spacial score (nSPS) is 11.0. The molecule has 0 aliphatic rings. The minimum atomic E-state index is 0.694. The number of anilines is 1. The number of para-hydroxylation sites is 1. The number of benzene rings is 2. The van der Waals surface area contributed by atoms with Crippen LogP contribution in [0.15, 0.2) is 40.9 Å². The number of fused-ring (bicyclic) bond motifs is 1. The molecule has 3 rings (SSSR count). The van der Waals surface area contributed by atoms with Crippen LogP contribution in [0.2, 0.25) is 0 Å². The van der Waals surface area contributed by atoms with Crippen LogP contribution in [0.5, 0.6) is 0 Å². The van der Waals surface area contributed by atoms with Gasteiger partial charge in [0.1, 0.15) is 11.3 Å². The first kappa shape index (κ1) is 12.0. The largest absolute Gasteiger partial charge is 0.397 e. The van der Waals surface area contributed by atoms with Gasteiger partial charge in [0.25, 0.3) is 0 Å². The van der Waals surface area contributed by atoms with Crippen LogP contribution >= 0.6 is 38.5 Å². The monoisotopic (exact) mass is 413 g/mol. The Kier molecular flexibility index (Phi) is 3.03. The Morgan fingerprint density at radius 2 is 2.06 bits per heavy atom. The van der Waals surface area contributed by atoms with Crippen molar-refractivity contribution in [1.82, 2.24) is 9.97 Å². The van der Waals surface area contributed by atoms with Crippen LogP contribution in [0.4, 0.5) is 5.69 Å². The number of nitrogens with zero attached hydrogens (tertiary/aromatic N) is 1. The second-order valence-corrected chi connectivity index (χ2v) is 6.03. The van der Waals surface area contributed by atoms with E-state index in [1.165, 1.54) is 0 Å². The summed E-state index contributed by atoms with van der Waals surface area (Å²) in [6.07, 6.45) is 0. The first-order chi connectivity index (χ1) is 8.65. The molecule has 0 radical (unpaired) electrons. The molecule has 3 N–H and O–H groups in total. The number of aromatic nitrogens is 2. The summed E-state index contributed by atoms with van der Waals surface area (Å²) in [5.41, 5.74) is 9.47. The molecule has 3 aromatic rings. The highest BCUT2D eigenvalue weighted by Crippen LogP contribution is 2.29. The van der Waals surface area contributed by atoms with Crippen molar-refractivity contribution in [1.29, 1.82) is 0 Å². The molecule has 2 aromatic carbocycles. The summed E-state index contributed by atoms with van der Waals surface area (Å²) in [6, 6.07) is 11.9. The lowest BCUT2D eigenvalue weighted by Gasteiger charge is -2.01. The van der Waals surface area contributed by atoms with E-state index >= 15 is 0 Å². The lowest BCUT2D eigenvalue weighted by atomic mass is 10.2. The average Bonchev–Trinajstić information content (AvgIpc) is 2.77. The zero-order valence-corrected chi connectivity index (χ0v) is 13.0. The molecule has 1 heterocycles. The molecule has 0 atom stereocenters. The number of nitrogens with one attached hydrogen (secondary N) is 1. The van der Waals surface area contributed by atoms with E-state index in [-0.39, 0.29) is 0 Å². The minimum absolute atomic E-state index is 0.694. The summed E-state index contributed by atoms with van der Waals surface area (Å²) in [5, 5.41) is 0. The van der Waals surface area contributed by atoms with Crippen molar-refractivity contribution >= 4 is 55.2 Å². The fourth-order valence-electron chi connectivity index (χ4n) is 1.86. The maximum atomic E-state index is 5.92. The van der Waals surface area contributed by atoms with Gasteiger partial charge in [-0.2, -0.15) is 0 Å². The van der Waals surface area contributed by atoms with E-state index in [2.05, 4.69) is 60.6 Å². The van der Waals surface area contributed by atoms with Crippen LogP contribution in [0, 0.1) is 3.57 Å². The van der Waals surface area contributed by atoms with Gasteiger partial charge in [0.15, 0.2) is 0 Å². The summed E-state index contributed by atoms with van der Waals surface area (Å²) >= 11 is 5.78.